The summed E-state index contributed by atoms with van der Waals surface area (Å²) in [7, 11) is 0. The standard InChI is InChI=1S/C15H15N3/c1-12(15-3-2-8-17-11-15)18-10-14-6-4-13(9-16)5-7-14/h2-8,11-12,18H,10H2,1H3/t12-/m0/s1. The average Bonchev–Trinajstić information content (AvgIpc) is 2.46. The largest absolute Gasteiger partial charge is 0.306 e. The number of nitrogens with one attached hydrogen (secondary N) is 1. The topological polar surface area (TPSA) is 48.7 Å². The van der Waals surface area contributed by atoms with Gasteiger partial charge in [0.25, 0.3) is 0 Å². The first kappa shape index (κ1) is 12.3. The second kappa shape index (κ2) is 5.95. The monoisotopic (exact) mass is 237 g/mol. The van der Waals surface area contributed by atoms with E-state index < -0.39 is 0 Å². The number of nitriles is 1. The second-order valence-corrected chi connectivity index (χ2v) is 4.20. The van der Waals surface area contributed by atoms with Gasteiger partial charge in [0.2, 0.25) is 0 Å². The minimum atomic E-state index is 0.259. The highest BCUT2D eigenvalue weighted by Crippen LogP contribution is 2.11. The summed E-state index contributed by atoms with van der Waals surface area (Å²) >= 11 is 0. The fraction of sp³-hybridized carbons (Fsp3) is 0.200. The SMILES string of the molecule is C[C@H](NCc1ccc(C#N)cc1)c1cccnc1. The van der Waals surface area contributed by atoms with Crippen LogP contribution in [0.5, 0.6) is 0 Å². The van der Waals surface area contributed by atoms with Crippen LogP contribution < -0.4 is 5.32 Å². The van der Waals surface area contributed by atoms with E-state index in [-0.39, 0.29) is 6.04 Å². The third-order valence-corrected chi connectivity index (χ3v) is 2.88. The molecule has 0 amide bonds. The van der Waals surface area contributed by atoms with Gasteiger partial charge in [0, 0.05) is 25.0 Å². The van der Waals surface area contributed by atoms with E-state index in [4.69, 9.17) is 5.26 Å². The van der Waals surface area contributed by atoms with Crippen LogP contribution in [0.25, 0.3) is 0 Å². The van der Waals surface area contributed by atoms with Gasteiger partial charge in [-0.3, -0.25) is 4.98 Å². The van der Waals surface area contributed by atoms with Crippen LogP contribution in [0.4, 0.5) is 0 Å². The Hall–Kier alpha value is -2.18. The number of hydrogen-bond acceptors (Lipinski definition) is 3. The quantitative estimate of drug-likeness (QED) is 0.889. The van der Waals surface area contributed by atoms with E-state index in [1.165, 1.54) is 11.1 Å². The number of aromatic nitrogens is 1. The zero-order chi connectivity index (χ0) is 12.8. The predicted octanol–water partition coefficient (Wildman–Crippen LogP) is 2.80. The van der Waals surface area contributed by atoms with Gasteiger partial charge in [-0.2, -0.15) is 5.26 Å². The van der Waals surface area contributed by atoms with Crippen molar-refractivity contribution in [2.24, 2.45) is 0 Å². The highest BCUT2D eigenvalue weighted by atomic mass is 14.9. The fourth-order valence-corrected chi connectivity index (χ4v) is 1.72. The predicted molar refractivity (Wildman–Crippen MR) is 70.6 cm³/mol. The molecule has 3 nitrogen and oxygen atoms in total. The van der Waals surface area contributed by atoms with Crippen LogP contribution in [0.1, 0.15) is 29.7 Å². The molecule has 18 heavy (non-hydrogen) atoms. The summed E-state index contributed by atoms with van der Waals surface area (Å²) in [5.74, 6) is 0. The van der Waals surface area contributed by atoms with Crippen LogP contribution in [0.15, 0.2) is 48.8 Å². The van der Waals surface area contributed by atoms with Crippen LogP contribution in [0, 0.1) is 11.3 Å². The molecule has 90 valence electrons. The zero-order valence-corrected chi connectivity index (χ0v) is 10.3. The molecule has 1 aromatic heterocycles. The lowest BCUT2D eigenvalue weighted by Gasteiger charge is -2.13. The highest BCUT2D eigenvalue weighted by molar-refractivity contribution is 5.31. The molecule has 0 saturated heterocycles. The van der Waals surface area contributed by atoms with E-state index in [2.05, 4.69) is 29.4 Å². The molecule has 0 aliphatic rings. The third kappa shape index (κ3) is 3.16. The molecule has 0 spiro atoms. The van der Waals surface area contributed by atoms with Gasteiger partial charge in [0.05, 0.1) is 11.6 Å². The number of nitrogens with zero attached hydrogens (tertiary/aromatic N) is 2. The summed E-state index contributed by atoms with van der Waals surface area (Å²) in [5.41, 5.74) is 3.04. The van der Waals surface area contributed by atoms with Crippen LogP contribution in [-0.2, 0) is 6.54 Å². The maximum Gasteiger partial charge on any atom is 0.0991 e. The summed E-state index contributed by atoms with van der Waals surface area (Å²) in [5, 5.41) is 12.2. The van der Waals surface area contributed by atoms with E-state index in [0.29, 0.717) is 5.56 Å². The Labute approximate surface area is 107 Å². The van der Waals surface area contributed by atoms with Crippen molar-refractivity contribution < 1.29 is 0 Å². The lowest BCUT2D eigenvalue weighted by atomic mass is 10.1. The summed E-state index contributed by atoms with van der Waals surface area (Å²) in [6, 6.07) is 14.0. The molecule has 2 rings (SSSR count). The molecule has 3 heteroatoms. The van der Waals surface area contributed by atoms with Crippen molar-refractivity contribution in [1.29, 1.82) is 5.26 Å². The first-order chi connectivity index (χ1) is 8.79. The molecule has 0 fully saturated rings. The summed E-state index contributed by atoms with van der Waals surface area (Å²) in [6.45, 7) is 2.89. The van der Waals surface area contributed by atoms with Gasteiger partial charge < -0.3 is 5.32 Å². The molecule has 1 atom stereocenters. The Morgan fingerprint density at radius 3 is 2.67 bits per heavy atom. The molecule has 0 saturated carbocycles. The molecule has 0 bridgehead atoms. The lowest BCUT2D eigenvalue weighted by Crippen LogP contribution is -2.18. The van der Waals surface area contributed by atoms with E-state index in [9.17, 15) is 0 Å². The molecule has 0 aliphatic heterocycles. The Kier molecular flexibility index (Phi) is 4.06. The van der Waals surface area contributed by atoms with Gasteiger partial charge in [-0.25, -0.2) is 0 Å². The van der Waals surface area contributed by atoms with Gasteiger partial charge in [-0.05, 0) is 36.2 Å². The van der Waals surface area contributed by atoms with Crippen molar-refractivity contribution in [2.45, 2.75) is 19.5 Å². The van der Waals surface area contributed by atoms with Crippen molar-refractivity contribution in [3.8, 4) is 6.07 Å². The molecular weight excluding hydrogens is 222 g/mol. The Morgan fingerprint density at radius 1 is 1.28 bits per heavy atom. The van der Waals surface area contributed by atoms with E-state index in [1.54, 1.807) is 6.20 Å². The van der Waals surface area contributed by atoms with Gasteiger partial charge >= 0.3 is 0 Å². The molecule has 1 heterocycles. The number of benzene rings is 1. The summed E-state index contributed by atoms with van der Waals surface area (Å²) < 4.78 is 0. The Morgan fingerprint density at radius 2 is 2.06 bits per heavy atom. The molecule has 0 radical (unpaired) electrons. The van der Waals surface area contributed by atoms with Crippen LogP contribution in [0.3, 0.4) is 0 Å². The van der Waals surface area contributed by atoms with Crippen LogP contribution in [-0.4, -0.2) is 4.98 Å². The van der Waals surface area contributed by atoms with Crippen molar-refractivity contribution in [3.05, 3.63) is 65.5 Å². The van der Waals surface area contributed by atoms with Gasteiger partial charge in [0.1, 0.15) is 0 Å². The molecule has 1 aromatic carbocycles. The molecule has 1 N–H and O–H groups in total. The van der Waals surface area contributed by atoms with E-state index >= 15 is 0 Å². The molecular formula is C15H15N3. The maximum absolute atomic E-state index is 8.72. The molecule has 2 aromatic rings. The maximum atomic E-state index is 8.72. The average molecular weight is 237 g/mol. The Bertz CT molecular complexity index is 526. The van der Waals surface area contributed by atoms with E-state index in [1.807, 2.05) is 36.5 Å². The first-order valence-electron chi connectivity index (χ1n) is 5.92. The number of rotatable bonds is 4. The summed E-state index contributed by atoms with van der Waals surface area (Å²) in [4.78, 5) is 4.11. The summed E-state index contributed by atoms with van der Waals surface area (Å²) in [6.07, 6.45) is 3.65. The van der Waals surface area contributed by atoms with Crippen LogP contribution >= 0.6 is 0 Å². The smallest absolute Gasteiger partial charge is 0.0991 e. The first-order valence-corrected chi connectivity index (χ1v) is 5.92. The normalized spacial score (nSPS) is 11.8. The van der Waals surface area contributed by atoms with Gasteiger partial charge in [-0.1, -0.05) is 18.2 Å². The molecule has 0 aliphatic carbocycles. The van der Waals surface area contributed by atoms with Crippen molar-refractivity contribution in [2.75, 3.05) is 0 Å². The van der Waals surface area contributed by atoms with Gasteiger partial charge in [-0.15, -0.1) is 0 Å². The second-order valence-electron chi connectivity index (χ2n) is 4.20. The zero-order valence-electron chi connectivity index (χ0n) is 10.3. The highest BCUT2D eigenvalue weighted by Gasteiger charge is 2.04. The molecule has 0 unspecified atom stereocenters. The van der Waals surface area contributed by atoms with E-state index in [0.717, 1.165) is 6.54 Å². The third-order valence-electron chi connectivity index (χ3n) is 2.88. The minimum absolute atomic E-state index is 0.259. The van der Waals surface area contributed by atoms with Crippen molar-refractivity contribution in [1.82, 2.24) is 10.3 Å². The van der Waals surface area contributed by atoms with Crippen LogP contribution in [0.2, 0.25) is 0 Å². The fourth-order valence-electron chi connectivity index (χ4n) is 1.72. The van der Waals surface area contributed by atoms with Crippen molar-refractivity contribution in [3.63, 3.8) is 0 Å². The van der Waals surface area contributed by atoms with Crippen molar-refractivity contribution >= 4 is 0 Å². The lowest BCUT2D eigenvalue weighted by molar-refractivity contribution is 0.573. The van der Waals surface area contributed by atoms with Gasteiger partial charge in [0.15, 0.2) is 0 Å². The number of pyridine rings is 1. The Balaban J connectivity index is 1.93. The number of hydrogen-bond donors (Lipinski definition) is 1. The minimum Gasteiger partial charge on any atom is -0.306 e.